The summed E-state index contributed by atoms with van der Waals surface area (Å²) in [6, 6.07) is 9.28. The molecule has 3 nitrogen and oxygen atoms in total. The average molecular weight is 374 g/mol. The van der Waals surface area contributed by atoms with Crippen molar-refractivity contribution in [3.8, 4) is 0 Å². The largest absolute Gasteiger partial charge is 0.430 e. The third-order valence-corrected chi connectivity index (χ3v) is 4.25. The van der Waals surface area contributed by atoms with Crippen LogP contribution in [0.2, 0.25) is 0 Å². The fraction of sp³-hybridized carbons (Fsp3) is 0.176. The standard InChI is InChI=1S/C17H12F6N2O/c18-16(19,20)15(26,17(21,22)23)12-6-9-4-8-2-1-3-13(24)11(8)5-10(9)7-14(12)25/h1-7,26H,24-25H2. The van der Waals surface area contributed by atoms with Crippen LogP contribution in [0, 0.1) is 0 Å². The molecule has 3 aromatic rings. The molecule has 0 unspecified atom stereocenters. The lowest BCUT2D eigenvalue weighted by atomic mass is 9.88. The van der Waals surface area contributed by atoms with E-state index in [1.165, 1.54) is 12.1 Å². The predicted octanol–water partition coefficient (Wildman–Crippen LogP) is 4.47. The summed E-state index contributed by atoms with van der Waals surface area (Å²) in [5, 5.41) is 11.1. The van der Waals surface area contributed by atoms with E-state index < -0.39 is 29.2 Å². The van der Waals surface area contributed by atoms with Crippen LogP contribution in [-0.2, 0) is 5.60 Å². The van der Waals surface area contributed by atoms with Crippen LogP contribution in [0.4, 0.5) is 37.7 Å². The van der Waals surface area contributed by atoms with E-state index in [0.717, 1.165) is 6.07 Å². The predicted molar refractivity (Wildman–Crippen MR) is 86.3 cm³/mol. The Morgan fingerprint density at radius 1 is 0.692 bits per heavy atom. The van der Waals surface area contributed by atoms with Gasteiger partial charge in [-0.2, -0.15) is 26.3 Å². The zero-order valence-corrected chi connectivity index (χ0v) is 12.9. The summed E-state index contributed by atoms with van der Waals surface area (Å²) in [6.07, 6.45) is -12.0. The summed E-state index contributed by atoms with van der Waals surface area (Å²) in [5.41, 5.74) is 4.31. The van der Waals surface area contributed by atoms with E-state index in [-0.39, 0.29) is 5.39 Å². The Morgan fingerprint density at radius 3 is 1.85 bits per heavy atom. The maximum atomic E-state index is 13.1. The molecule has 0 radical (unpaired) electrons. The highest BCUT2D eigenvalue weighted by Crippen LogP contribution is 2.52. The minimum Gasteiger partial charge on any atom is -0.398 e. The number of benzene rings is 3. The Morgan fingerprint density at radius 2 is 1.27 bits per heavy atom. The second kappa shape index (κ2) is 5.41. The second-order valence-electron chi connectivity index (χ2n) is 5.91. The summed E-state index contributed by atoms with van der Waals surface area (Å²) in [6.45, 7) is 0. The molecule has 0 saturated carbocycles. The minimum atomic E-state index is -6.01. The van der Waals surface area contributed by atoms with Crippen LogP contribution in [0.5, 0.6) is 0 Å². The number of nitrogen functional groups attached to an aromatic ring is 2. The fourth-order valence-electron chi connectivity index (χ4n) is 2.90. The van der Waals surface area contributed by atoms with Gasteiger partial charge in [0.2, 0.25) is 0 Å². The topological polar surface area (TPSA) is 72.3 Å². The third kappa shape index (κ3) is 2.50. The van der Waals surface area contributed by atoms with E-state index in [1.807, 2.05) is 0 Å². The van der Waals surface area contributed by atoms with E-state index in [9.17, 15) is 31.4 Å². The highest BCUT2D eigenvalue weighted by molar-refractivity contribution is 6.04. The van der Waals surface area contributed by atoms with Crippen molar-refractivity contribution >= 4 is 32.9 Å². The van der Waals surface area contributed by atoms with Crippen molar-refractivity contribution < 1.29 is 31.4 Å². The molecule has 26 heavy (non-hydrogen) atoms. The SMILES string of the molecule is Nc1cc2cc3c(N)cccc3cc2cc1C(O)(C(F)(F)F)C(F)(F)F. The summed E-state index contributed by atoms with van der Waals surface area (Å²) in [5.74, 6) is 0. The number of nitrogens with two attached hydrogens (primary N) is 2. The quantitative estimate of drug-likeness (QED) is 0.334. The molecule has 0 aromatic heterocycles. The lowest BCUT2D eigenvalue weighted by Crippen LogP contribution is -2.54. The van der Waals surface area contributed by atoms with E-state index in [0.29, 0.717) is 27.9 Å². The molecular formula is C17H12F6N2O. The monoisotopic (exact) mass is 374 g/mol. The molecule has 0 saturated heterocycles. The van der Waals surface area contributed by atoms with Gasteiger partial charge in [0.15, 0.2) is 0 Å². The number of anilines is 2. The molecule has 3 rings (SSSR count). The van der Waals surface area contributed by atoms with Crippen molar-refractivity contribution in [1.29, 1.82) is 0 Å². The van der Waals surface area contributed by atoms with Gasteiger partial charge in [0.05, 0.1) is 0 Å². The van der Waals surface area contributed by atoms with Crippen LogP contribution < -0.4 is 11.5 Å². The Balaban J connectivity index is 2.37. The van der Waals surface area contributed by atoms with Crippen LogP contribution in [0.25, 0.3) is 21.5 Å². The summed E-state index contributed by atoms with van der Waals surface area (Å²) >= 11 is 0. The van der Waals surface area contributed by atoms with Gasteiger partial charge in [0, 0.05) is 22.3 Å². The maximum Gasteiger partial charge on any atom is 0.430 e. The molecule has 0 aliphatic heterocycles. The summed E-state index contributed by atoms with van der Waals surface area (Å²) in [4.78, 5) is 0. The van der Waals surface area contributed by atoms with Gasteiger partial charge >= 0.3 is 12.4 Å². The van der Waals surface area contributed by atoms with Crippen molar-refractivity contribution in [2.24, 2.45) is 0 Å². The van der Waals surface area contributed by atoms with Crippen molar-refractivity contribution in [3.63, 3.8) is 0 Å². The molecule has 0 fully saturated rings. The van der Waals surface area contributed by atoms with Gasteiger partial charge in [-0.3, -0.25) is 0 Å². The zero-order valence-electron chi connectivity index (χ0n) is 12.9. The van der Waals surface area contributed by atoms with Crippen molar-refractivity contribution in [2.75, 3.05) is 11.5 Å². The Labute approximate surface area is 142 Å². The van der Waals surface area contributed by atoms with Crippen molar-refractivity contribution in [2.45, 2.75) is 18.0 Å². The van der Waals surface area contributed by atoms with Gasteiger partial charge < -0.3 is 16.6 Å². The molecule has 0 heterocycles. The van der Waals surface area contributed by atoms with Crippen LogP contribution in [0.3, 0.4) is 0 Å². The second-order valence-corrected chi connectivity index (χ2v) is 5.91. The van der Waals surface area contributed by atoms with Crippen molar-refractivity contribution in [3.05, 3.63) is 48.0 Å². The molecule has 138 valence electrons. The molecule has 0 aliphatic rings. The maximum absolute atomic E-state index is 13.1. The van der Waals surface area contributed by atoms with Gasteiger partial charge in [-0.05, 0) is 46.5 Å². The van der Waals surface area contributed by atoms with Crippen LogP contribution in [-0.4, -0.2) is 17.5 Å². The number of alkyl halides is 6. The number of fused-ring (bicyclic) bond motifs is 2. The molecule has 0 aliphatic carbocycles. The minimum absolute atomic E-state index is 0.0548. The molecule has 5 N–H and O–H groups in total. The molecule has 0 amide bonds. The fourth-order valence-corrected chi connectivity index (χ4v) is 2.90. The molecule has 0 spiro atoms. The Hall–Kier alpha value is -2.68. The molecule has 9 heteroatoms. The van der Waals surface area contributed by atoms with Gasteiger partial charge in [-0.15, -0.1) is 0 Å². The zero-order chi connectivity index (χ0) is 19.5. The first-order valence-electron chi connectivity index (χ1n) is 7.24. The number of aliphatic hydroxyl groups is 1. The number of halogens is 6. The first-order valence-corrected chi connectivity index (χ1v) is 7.24. The lowest BCUT2D eigenvalue weighted by molar-refractivity contribution is -0.375. The van der Waals surface area contributed by atoms with E-state index in [2.05, 4.69) is 0 Å². The van der Waals surface area contributed by atoms with Crippen LogP contribution in [0.1, 0.15) is 5.56 Å². The smallest absolute Gasteiger partial charge is 0.398 e. The number of hydrogen-bond acceptors (Lipinski definition) is 3. The lowest BCUT2D eigenvalue weighted by Gasteiger charge is -2.33. The normalized spacial score (nSPS) is 13.5. The van der Waals surface area contributed by atoms with Gasteiger partial charge in [0.1, 0.15) is 0 Å². The molecular weight excluding hydrogens is 362 g/mol. The highest BCUT2D eigenvalue weighted by Gasteiger charge is 2.72. The van der Waals surface area contributed by atoms with Gasteiger partial charge in [0.25, 0.3) is 5.60 Å². The van der Waals surface area contributed by atoms with E-state index >= 15 is 0 Å². The van der Waals surface area contributed by atoms with Crippen molar-refractivity contribution in [1.82, 2.24) is 0 Å². The van der Waals surface area contributed by atoms with Crippen LogP contribution >= 0.6 is 0 Å². The molecule has 3 aromatic carbocycles. The number of hydrogen-bond donors (Lipinski definition) is 3. The van der Waals surface area contributed by atoms with Gasteiger partial charge in [-0.1, -0.05) is 12.1 Å². The van der Waals surface area contributed by atoms with E-state index in [1.54, 1.807) is 18.2 Å². The third-order valence-electron chi connectivity index (χ3n) is 4.25. The summed E-state index contributed by atoms with van der Waals surface area (Å²) in [7, 11) is 0. The first kappa shape index (κ1) is 18.1. The highest BCUT2D eigenvalue weighted by atomic mass is 19.4. The molecule has 0 atom stereocenters. The van der Waals surface area contributed by atoms with Gasteiger partial charge in [-0.25, -0.2) is 0 Å². The van der Waals surface area contributed by atoms with Crippen LogP contribution in [0.15, 0.2) is 42.5 Å². The summed E-state index contributed by atoms with van der Waals surface area (Å²) < 4.78 is 78.8. The Kier molecular flexibility index (Phi) is 3.77. The average Bonchev–Trinajstić information content (AvgIpc) is 2.50. The Bertz CT molecular complexity index is 996. The number of rotatable bonds is 1. The first-order chi connectivity index (χ1) is 11.9. The van der Waals surface area contributed by atoms with E-state index in [4.69, 9.17) is 11.5 Å². The molecule has 0 bridgehead atoms.